The van der Waals surface area contributed by atoms with E-state index in [1.807, 2.05) is 54.6 Å². The minimum Gasteiger partial charge on any atom is -0.358 e. The molecule has 0 aliphatic heterocycles. The molecule has 7 heteroatoms. The first-order valence-electron chi connectivity index (χ1n) is 11.5. The van der Waals surface area contributed by atoms with E-state index in [1.54, 1.807) is 12.4 Å². The summed E-state index contributed by atoms with van der Waals surface area (Å²) in [5, 5.41) is 3.87. The van der Waals surface area contributed by atoms with Gasteiger partial charge in [-0.1, -0.05) is 48.5 Å². The lowest BCUT2D eigenvalue weighted by molar-refractivity contribution is -0.128. The van der Waals surface area contributed by atoms with Crippen molar-refractivity contribution < 1.29 is 14.4 Å². The van der Waals surface area contributed by atoms with Gasteiger partial charge in [0.2, 0.25) is 5.91 Å². The van der Waals surface area contributed by atoms with Gasteiger partial charge in [0, 0.05) is 48.9 Å². The van der Waals surface area contributed by atoms with E-state index in [1.165, 1.54) is 6.92 Å². The maximum atomic E-state index is 13.7. The summed E-state index contributed by atoms with van der Waals surface area (Å²) >= 11 is 0. The van der Waals surface area contributed by atoms with Crippen LogP contribution in [0.25, 0.3) is 10.9 Å². The highest BCUT2D eigenvalue weighted by atomic mass is 16.2. The molecule has 0 radical (unpaired) electrons. The number of nitrogens with zero attached hydrogens (tertiary/aromatic N) is 1. The molecule has 5 rings (SSSR count). The number of benzene rings is 2. The number of hydrogen-bond acceptors (Lipinski definition) is 4. The van der Waals surface area contributed by atoms with Crippen LogP contribution in [-0.4, -0.2) is 39.0 Å². The van der Waals surface area contributed by atoms with E-state index >= 15 is 0 Å². The van der Waals surface area contributed by atoms with Crippen molar-refractivity contribution in [1.82, 2.24) is 20.3 Å². The summed E-state index contributed by atoms with van der Waals surface area (Å²) in [4.78, 5) is 49.7. The molecular formula is C27H26N4O3. The highest BCUT2D eigenvalue weighted by Gasteiger charge is 2.48. The predicted octanol–water partition coefficient (Wildman–Crippen LogP) is 3.64. The first kappa shape index (κ1) is 21.8. The number of nitrogens with one attached hydrogen (secondary N) is 3. The third kappa shape index (κ3) is 3.94. The van der Waals surface area contributed by atoms with Gasteiger partial charge in [0.15, 0.2) is 5.78 Å². The fraction of sp³-hybridized carbons (Fsp3) is 0.259. The lowest BCUT2D eigenvalue weighted by Crippen LogP contribution is -2.28. The molecule has 2 heterocycles. The van der Waals surface area contributed by atoms with E-state index in [0.29, 0.717) is 18.8 Å². The zero-order valence-corrected chi connectivity index (χ0v) is 18.9. The number of aromatic amines is 2. The molecule has 3 unspecified atom stereocenters. The lowest BCUT2D eigenvalue weighted by atomic mass is 9.82. The number of carbonyl (C=O) groups is 3. The van der Waals surface area contributed by atoms with Crippen molar-refractivity contribution in [3.63, 3.8) is 0 Å². The Morgan fingerprint density at radius 2 is 1.88 bits per heavy atom. The van der Waals surface area contributed by atoms with Gasteiger partial charge in [-0.25, -0.2) is 4.98 Å². The predicted molar refractivity (Wildman–Crippen MR) is 128 cm³/mol. The number of fused-ring (bicyclic) bond motifs is 1. The molecule has 2 aromatic heterocycles. The zero-order valence-electron chi connectivity index (χ0n) is 18.9. The molecule has 0 spiro atoms. The molecule has 3 N–H and O–H groups in total. The molecule has 1 aliphatic carbocycles. The Morgan fingerprint density at radius 1 is 1.12 bits per heavy atom. The fourth-order valence-corrected chi connectivity index (χ4v) is 5.15. The normalized spacial score (nSPS) is 19.0. The maximum Gasteiger partial charge on any atom is 0.216 e. The Hall–Kier alpha value is -4.00. The average molecular weight is 455 g/mol. The van der Waals surface area contributed by atoms with Gasteiger partial charge in [-0.15, -0.1) is 0 Å². The van der Waals surface area contributed by atoms with Crippen LogP contribution in [-0.2, 0) is 20.8 Å². The monoisotopic (exact) mass is 454 g/mol. The van der Waals surface area contributed by atoms with Crippen LogP contribution in [0.1, 0.15) is 47.8 Å². The SMILES string of the molecule is CC(=O)NCCc1c(C(c2ncc[nH]2)C2C(=O)CC(c3ccccc3)C2=O)[nH]c2ccccc12. The van der Waals surface area contributed by atoms with Gasteiger partial charge in [-0.3, -0.25) is 14.4 Å². The van der Waals surface area contributed by atoms with Crippen molar-refractivity contribution in [2.24, 2.45) is 5.92 Å². The van der Waals surface area contributed by atoms with E-state index in [2.05, 4.69) is 20.3 Å². The number of carbonyl (C=O) groups excluding carboxylic acids is 3. The van der Waals surface area contributed by atoms with Crippen LogP contribution in [0.2, 0.25) is 0 Å². The molecule has 3 atom stereocenters. The summed E-state index contributed by atoms with van der Waals surface area (Å²) < 4.78 is 0. The van der Waals surface area contributed by atoms with E-state index < -0.39 is 17.8 Å². The fourth-order valence-electron chi connectivity index (χ4n) is 5.15. The Balaban J connectivity index is 1.61. The molecule has 1 saturated carbocycles. The summed E-state index contributed by atoms with van der Waals surface area (Å²) in [6, 6.07) is 17.4. The van der Waals surface area contributed by atoms with Crippen molar-refractivity contribution in [3.8, 4) is 0 Å². The van der Waals surface area contributed by atoms with Crippen molar-refractivity contribution in [1.29, 1.82) is 0 Å². The topological polar surface area (TPSA) is 108 Å². The first-order chi connectivity index (χ1) is 16.5. The smallest absolute Gasteiger partial charge is 0.216 e. The molecule has 4 aromatic rings. The Labute approximate surface area is 197 Å². The largest absolute Gasteiger partial charge is 0.358 e. The maximum absolute atomic E-state index is 13.7. The number of Topliss-reactive ketones (excluding diaryl/α,β-unsaturated/α-hetero) is 2. The summed E-state index contributed by atoms with van der Waals surface area (Å²) in [5.74, 6) is -1.55. The van der Waals surface area contributed by atoms with E-state index in [-0.39, 0.29) is 23.9 Å². The number of para-hydroxylation sites is 1. The van der Waals surface area contributed by atoms with Crippen molar-refractivity contribution in [2.75, 3.05) is 6.54 Å². The van der Waals surface area contributed by atoms with Crippen LogP contribution in [0.5, 0.6) is 0 Å². The van der Waals surface area contributed by atoms with Gasteiger partial charge in [0.1, 0.15) is 11.6 Å². The van der Waals surface area contributed by atoms with Crippen LogP contribution in [0.15, 0.2) is 67.0 Å². The number of aromatic nitrogens is 3. The van der Waals surface area contributed by atoms with Crippen LogP contribution >= 0.6 is 0 Å². The van der Waals surface area contributed by atoms with Crippen LogP contribution < -0.4 is 5.32 Å². The molecule has 1 fully saturated rings. The summed E-state index contributed by atoms with van der Waals surface area (Å²) in [5.41, 5.74) is 3.56. The van der Waals surface area contributed by atoms with Crippen LogP contribution in [0.4, 0.5) is 0 Å². The van der Waals surface area contributed by atoms with Gasteiger partial charge in [-0.2, -0.15) is 0 Å². The highest BCUT2D eigenvalue weighted by Crippen LogP contribution is 2.44. The number of ketones is 2. The molecule has 172 valence electrons. The van der Waals surface area contributed by atoms with Crippen molar-refractivity contribution >= 4 is 28.4 Å². The lowest BCUT2D eigenvalue weighted by Gasteiger charge is -2.21. The highest BCUT2D eigenvalue weighted by molar-refractivity contribution is 6.13. The minimum atomic E-state index is -0.844. The number of hydrogen-bond donors (Lipinski definition) is 3. The molecule has 34 heavy (non-hydrogen) atoms. The van der Waals surface area contributed by atoms with Gasteiger partial charge < -0.3 is 15.3 Å². The standard InChI is InChI=1S/C27H26N4O3/c1-16(32)28-12-11-19-18-9-5-6-10-21(18)31-25(19)24(27-29-13-14-30-27)23-22(33)15-20(26(23)34)17-7-3-2-4-8-17/h2-10,13-14,20,23-24,31H,11-12,15H2,1H3,(H,28,32)(H,29,30). The van der Waals surface area contributed by atoms with E-state index in [9.17, 15) is 14.4 Å². The second-order valence-electron chi connectivity index (χ2n) is 8.76. The van der Waals surface area contributed by atoms with Gasteiger partial charge in [0.05, 0.1) is 17.8 Å². The number of H-pyrrole nitrogens is 2. The van der Waals surface area contributed by atoms with Crippen LogP contribution in [0.3, 0.4) is 0 Å². The first-order valence-corrected chi connectivity index (χ1v) is 11.5. The summed E-state index contributed by atoms with van der Waals surface area (Å²) in [6.07, 6.45) is 4.10. The number of amides is 1. The van der Waals surface area contributed by atoms with Gasteiger partial charge in [0.25, 0.3) is 0 Å². The second-order valence-corrected chi connectivity index (χ2v) is 8.76. The Bertz CT molecular complexity index is 1340. The molecular weight excluding hydrogens is 428 g/mol. The molecule has 0 bridgehead atoms. The molecule has 7 nitrogen and oxygen atoms in total. The number of imidazole rings is 1. The van der Waals surface area contributed by atoms with Gasteiger partial charge in [-0.05, 0) is 23.6 Å². The quantitative estimate of drug-likeness (QED) is 0.371. The summed E-state index contributed by atoms with van der Waals surface area (Å²) in [7, 11) is 0. The molecule has 1 aliphatic rings. The third-order valence-electron chi connectivity index (χ3n) is 6.66. The van der Waals surface area contributed by atoms with Crippen molar-refractivity contribution in [2.45, 2.75) is 31.6 Å². The summed E-state index contributed by atoms with van der Waals surface area (Å²) in [6.45, 7) is 1.94. The zero-order chi connectivity index (χ0) is 23.7. The van der Waals surface area contributed by atoms with E-state index in [0.717, 1.165) is 27.7 Å². The van der Waals surface area contributed by atoms with Crippen molar-refractivity contribution in [3.05, 3.63) is 89.6 Å². The van der Waals surface area contributed by atoms with Gasteiger partial charge >= 0.3 is 0 Å². The molecule has 0 saturated heterocycles. The number of rotatable bonds is 7. The average Bonchev–Trinajstić information content (AvgIpc) is 3.55. The van der Waals surface area contributed by atoms with E-state index in [4.69, 9.17) is 0 Å². The second kappa shape index (κ2) is 9.09. The molecule has 1 amide bonds. The van der Waals surface area contributed by atoms with Crippen LogP contribution in [0, 0.1) is 5.92 Å². The Morgan fingerprint density at radius 3 is 2.62 bits per heavy atom. The Kier molecular flexibility index (Phi) is 5.84. The minimum absolute atomic E-state index is 0.0771. The molecule has 2 aromatic carbocycles. The third-order valence-corrected chi connectivity index (χ3v) is 6.66.